The first-order chi connectivity index (χ1) is 8.58. The Morgan fingerprint density at radius 3 is 2.47 bits per heavy atom. The molecule has 0 bridgehead atoms. The zero-order chi connectivity index (χ0) is 13.1. The van der Waals surface area contributed by atoms with E-state index < -0.39 is 0 Å². The van der Waals surface area contributed by atoms with Crippen LogP contribution in [0.15, 0.2) is 18.2 Å². The minimum absolute atomic E-state index is 0. The second-order valence-electron chi connectivity index (χ2n) is 4.93. The highest BCUT2D eigenvalue weighted by Gasteiger charge is 2.29. The van der Waals surface area contributed by atoms with Gasteiger partial charge in [0.05, 0.1) is 6.10 Å². The molecule has 0 aliphatic carbocycles. The lowest BCUT2D eigenvalue weighted by atomic mass is 10.1. The number of rotatable bonds is 3. The van der Waals surface area contributed by atoms with Crippen LogP contribution in [0.4, 0.5) is 5.69 Å². The van der Waals surface area contributed by atoms with E-state index in [0.29, 0.717) is 6.54 Å². The second-order valence-corrected chi connectivity index (χ2v) is 4.93. The molecule has 1 aliphatic heterocycles. The quantitative estimate of drug-likeness (QED) is 0.894. The number of benzene rings is 1. The van der Waals surface area contributed by atoms with Gasteiger partial charge in [0.15, 0.2) is 0 Å². The highest BCUT2D eigenvalue weighted by molar-refractivity contribution is 5.94. The number of nitrogens with two attached hydrogens (primary N) is 1. The van der Waals surface area contributed by atoms with E-state index in [1.54, 1.807) is 0 Å². The van der Waals surface area contributed by atoms with Gasteiger partial charge in [-0.25, -0.2) is 0 Å². The summed E-state index contributed by atoms with van der Waals surface area (Å²) in [6.45, 7) is 4.51. The standard InChI is InChI=1S/C14H20N2O2.ClH/c1-9-5-10(2)7-11(6-9)16-14(17)13-4-3-12(8-15)18-13;/h5-7,12-13H,3-4,8,15H2,1-2H3,(H,16,17);1H/t12-,13+;/m1./s1. The summed E-state index contributed by atoms with van der Waals surface area (Å²) in [6, 6.07) is 5.99. The summed E-state index contributed by atoms with van der Waals surface area (Å²) >= 11 is 0. The number of halogens is 1. The van der Waals surface area contributed by atoms with Gasteiger partial charge < -0.3 is 15.8 Å². The molecule has 1 heterocycles. The van der Waals surface area contributed by atoms with Gasteiger partial charge in [-0.05, 0) is 49.9 Å². The number of aryl methyl sites for hydroxylation is 2. The number of nitrogens with one attached hydrogen (secondary N) is 1. The van der Waals surface area contributed by atoms with Crippen LogP contribution < -0.4 is 11.1 Å². The third kappa shape index (κ3) is 4.20. The van der Waals surface area contributed by atoms with Gasteiger partial charge in [0.25, 0.3) is 5.91 Å². The Hall–Kier alpha value is -1.10. The Labute approximate surface area is 120 Å². The molecule has 1 saturated heterocycles. The molecule has 1 aromatic carbocycles. The lowest BCUT2D eigenvalue weighted by molar-refractivity contribution is -0.126. The van der Waals surface area contributed by atoms with Gasteiger partial charge in [-0.3, -0.25) is 4.79 Å². The molecule has 0 aromatic heterocycles. The van der Waals surface area contributed by atoms with Gasteiger partial charge in [-0.15, -0.1) is 12.4 Å². The SMILES string of the molecule is Cc1cc(C)cc(NC(=O)[C@@H]2CC[C@H](CN)O2)c1.Cl. The van der Waals surface area contributed by atoms with Crippen LogP contribution in [0.2, 0.25) is 0 Å². The predicted molar refractivity (Wildman–Crippen MR) is 78.7 cm³/mol. The summed E-state index contributed by atoms with van der Waals surface area (Å²) in [6.07, 6.45) is 1.28. The first kappa shape index (κ1) is 16.0. The fourth-order valence-electron chi connectivity index (χ4n) is 2.34. The van der Waals surface area contributed by atoms with E-state index in [-0.39, 0.29) is 30.5 Å². The Bertz CT molecular complexity index is 431. The van der Waals surface area contributed by atoms with E-state index in [4.69, 9.17) is 10.5 Å². The largest absolute Gasteiger partial charge is 0.364 e. The minimum atomic E-state index is -0.362. The third-order valence-corrected chi connectivity index (χ3v) is 3.15. The van der Waals surface area contributed by atoms with Crippen LogP contribution in [0.3, 0.4) is 0 Å². The van der Waals surface area contributed by atoms with Crippen molar-refractivity contribution in [1.82, 2.24) is 0 Å². The highest BCUT2D eigenvalue weighted by atomic mass is 35.5. The average Bonchev–Trinajstić information content (AvgIpc) is 2.75. The van der Waals surface area contributed by atoms with Gasteiger partial charge in [-0.2, -0.15) is 0 Å². The summed E-state index contributed by atoms with van der Waals surface area (Å²) in [5, 5.41) is 2.91. The number of anilines is 1. The van der Waals surface area contributed by atoms with Gasteiger partial charge in [0, 0.05) is 12.2 Å². The molecule has 0 spiro atoms. The maximum atomic E-state index is 12.0. The molecule has 0 unspecified atom stereocenters. The Morgan fingerprint density at radius 2 is 1.95 bits per heavy atom. The smallest absolute Gasteiger partial charge is 0.253 e. The lowest BCUT2D eigenvalue weighted by Crippen LogP contribution is -2.29. The van der Waals surface area contributed by atoms with E-state index in [1.165, 1.54) is 0 Å². The third-order valence-electron chi connectivity index (χ3n) is 3.15. The van der Waals surface area contributed by atoms with Crippen molar-refractivity contribution in [3.63, 3.8) is 0 Å². The Morgan fingerprint density at radius 1 is 1.32 bits per heavy atom. The summed E-state index contributed by atoms with van der Waals surface area (Å²) in [4.78, 5) is 12.0. The molecule has 106 valence electrons. The van der Waals surface area contributed by atoms with Crippen molar-refractivity contribution in [2.24, 2.45) is 5.73 Å². The minimum Gasteiger partial charge on any atom is -0.364 e. The van der Waals surface area contributed by atoms with Gasteiger partial charge in [-0.1, -0.05) is 6.07 Å². The summed E-state index contributed by atoms with van der Waals surface area (Å²) < 4.78 is 5.57. The van der Waals surface area contributed by atoms with Crippen molar-refractivity contribution in [3.8, 4) is 0 Å². The van der Waals surface area contributed by atoms with E-state index in [1.807, 2.05) is 26.0 Å². The fourth-order valence-corrected chi connectivity index (χ4v) is 2.34. The van der Waals surface area contributed by atoms with Crippen molar-refractivity contribution < 1.29 is 9.53 Å². The van der Waals surface area contributed by atoms with Gasteiger partial charge in [0.1, 0.15) is 6.10 Å². The first-order valence-electron chi connectivity index (χ1n) is 6.33. The molecule has 1 amide bonds. The molecule has 1 aromatic rings. The molecule has 19 heavy (non-hydrogen) atoms. The number of amides is 1. The molecule has 5 heteroatoms. The zero-order valence-corrected chi connectivity index (χ0v) is 12.1. The van der Waals surface area contributed by atoms with E-state index in [2.05, 4.69) is 11.4 Å². The molecule has 4 nitrogen and oxygen atoms in total. The molecule has 1 fully saturated rings. The average molecular weight is 285 g/mol. The maximum Gasteiger partial charge on any atom is 0.253 e. The Balaban J connectivity index is 0.00000180. The summed E-state index contributed by atoms with van der Waals surface area (Å²) in [5.74, 6) is -0.0732. The molecular formula is C14H21ClN2O2. The number of ether oxygens (including phenoxy) is 1. The van der Waals surface area contributed by atoms with E-state index in [0.717, 1.165) is 29.7 Å². The second kappa shape index (κ2) is 6.89. The summed E-state index contributed by atoms with van der Waals surface area (Å²) in [5.41, 5.74) is 8.64. The molecule has 0 saturated carbocycles. The van der Waals surface area contributed by atoms with Crippen LogP contribution in [0, 0.1) is 13.8 Å². The number of carbonyl (C=O) groups is 1. The zero-order valence-electron chi connectivity index (χ0n) is 11.3. The van der Waals surface area contributed by atoms with Crippen LogP contribution in [0.5, 0.6) is 0 Å². The molecule has 3 N–H and O–H groups in total. The van der Waals surface area contributed by atoms with Gasteiger partial charge in [0.2, 0.25) is 0 Å². The topological polar surface area (TPSA) is 64.4 Å². The Kier molecular flexibility index (Phi) is 5.79. The molecule has 2 atom stereocenters. The first-order valence-corrected chi connectivity index (χ1v) is 6.33. The van der Waals surface area contributed by atoms with Crippen LogP contribution in [0.1, 0.15) is 24.0 Å². The predicted octanol–water partition coefficient (Wildman–Crippen LogP) is 2.17. The van der Waals surface area contributed by atoms with Gasteiger partial charge >= 0.3 is 0 Å². The van der Waals surface area contributed by atoms with Crippen LogP contribution >= 0.6 is 12.4 Å². The summed E-state index contributed by atoms with van der Waals surface area (Å²) in [7, 11) is 0. The van der Waals surface area contributed by atoms with Crippen LogP contribution in [-0.2, 0) is 9.53 Å². The highest BCUT2D eigenvalue weighted by Crippen LogP contribution is 2.21. The fraction of sp³-hybridized carbons (Fsp3) is 0.500. The van der Waals surface area contributed by atoms with Crippen molar-refractivity contribution in [2.75, 3.05) is 11.9 Å². The van der Waals surface area contributed by atoms with E-state index >= 15 is 0 Å². The van der Waals surface area contributed by atoms with Crippen molar-refractivity contribution in [1.29, 1.82) is 0 Å². The number of carbonyl (C=O) groups excluding carboxylic acids is 1. The van der Waals surface area contributed by atoms with Crippen molar-refractivity contribution in [3.05, 3.63) is 29.3 Å². The van der Waals surface area contributed by atoms with Crippen LogP contribution in [-0.4, -0.2) is 24.7 Å². The number of hydrogen-bond donors (Lipinski definition) is 2. The van der Waals surface area contributed by atoms with Crippen molar-refractivity contribution >= 4 is 24.0 Å². The molecular weight excluding hydrogens is 264 g/mol. The monoisotopic (exact) mass is 284 g/mol. The van der Waals surface area contributed by atoms with E-state index in [9.17, 15) is 4.79 Å². The molecule has 2 rings (SSSR count). The number of hydrogen-bond acceptors (Lipinski definition) is 3. The van der Waals surface area contributed by atoms with Crippen molar-refractivity contribution in [2.45, 2.75) is 38.9 Å². The normalized spacial score (nSPS) is 21.8. The molecule has 1 aliphatic rings. The lowest BCUT2D eigenvalue weighted by Gasteiger charge is -2.13. The maximum absolute atomic E-state index is 12.0. The molecule has 0 radical (unpaired) electrons. The van der Waals surface area contributed by atoms with Crippen LogP contribution in [0.25, 0.3) is 0 Å².